The fraction of sp³-hybridized carbons (Fsp3) is 0.250. The molecule has 0 aliphatic rings. The number of hydrogen-bond acceptors (Lipinski definition) is 6. The Bertz CT molecular complexity index is 914. The number of carbonyl (C=O) groups is 1. The summed E-state index contributed by atoms with van der Waals surface area (Å²) in [5.74, 6) is -0.00588. The lowest BCUT2D eigenvalue weighted by atomic mass is 10.0. The number of nitrogens with one attached hydrogen (secondary N) is 1. The highest BCUT2D eigenvalue weighted by Crippen LogP contribution is 2.24. The first-order valence-electron chi connectivity index (χ1n) is 8.33. The van der Waals surface area contributed by atoms with E-state index in [1.165, 1.54) is 12.1 Å². The maximum Gasteiger partial charge on any atom is 0.351 e. The molecule has 0 aromatic heterocycles. The van der Waals surface area contributed by atoms with Gasteiger partial charge in [0.2, 0.25) is 9.84 Å². The van der Waals surface area contributed by atoms with Gasteiger partial charge in [0.15, 0.2) is 4.91 Å². The predicted molar refractivity (Wildman–Crippen MR) is 104 cm³/mol. The third-order valence-electron chi connectivity index (χ3n) is 3.99. The molecule has 0 atom stereocenters. The van der Waals surface area contributed by atoms with Crippen LogP contribution in [0.15, 0.2) is 64.5 Å². The van der Waals surface area contributed by atoms with Crippen LogP contribution in [0, 0.1) is 0 Å². The zero-order valence-electron chi connectivity index (χ0n) is 15.7. The van der Waals surface area contributed by atoms with Crippen molar-refractivity contribution in [3.8, 4) is 5.75 Å². The van der Waals surface area contributed by atoms with E-state index >= 15 is 0 Å². The number of esters is 1. The normalized spacial score (nSPS) is 12.0. The number of benzene rings is 2. The lowest BCUT2D eigenvalue weighted by Gasteiger charge is -2.11. The Morgan fingerprint density at radius 2 is 1.59 bits per heavy atom. The van der Waals surface area contributed by atoms with E-state index < -0.39 is 20.7 Å². The van der Waals surface area contributed by atoms with Crippen molar-refractivity contribution in [2.24, 2.45) is 0 Å². The van der Waals surface area contributed by atoms with E-state index in [9.17, 15) is 13.2 Å². The number of sulfone groups is 1. The topological polar surface area (TPSA) is 81.7 Å². The minimum absolute atomic E-state index is 0.0279. The Balaban J connectivity index is 2.36. The van der Waals surface area contributed by atoms with E-state index in [2.05, 4.69) is 10.1 Å². The molecule has 0 saturated heterocycles. The molecular weight excluding hydrogens is 366 g/mol. The van der Waals surface area contributed by atoms with Crippen LogP contribution in [-0.2, 0) is 19.4 Å². The lowest BCUT2D eigenvalue weighted by molar-refractivity contribution is -0.135. The number of methoxy groups -OCH3 is 2. The van der Waals surface area contributed by atoms with Crippen LogP contribution < -0.4 is 10.1 Å². The van der Waals surface area contributed by atoms with Gasteiger partial charge in [-0.25, -0.2) is 13.2 Å². The monoisotopic (exact) mass is 389 g/mol. The smallest absolute Gasteiger partial charge is 0.351 e. The molecule has 0 bridgehead atoms. The molecule has 0 fully saturated rings. The Morgan fingerprint density at radius 3 is 2.07 bits per heavy atom. The molecule has 2 aromatic rings. The summed E-state index contributed by atoms with van der Waals surface area (Å²) in [7, 11) is -1.35. The zero-order valence-corrected chi connectivity index (χ0v) is 16.5. The quantitative estimate of drug-likeness (QED) is 0.574. The summed E-state index contributed by atoms with van der Waals surface area (Å²) in [6.07, 6.45) is 1.14. The zero-order chi connectivity index (χ0) is 20.0. The molecule has 0 aliphatic heterocycles. The largest absolute Gasteiger partial charge is 0.497 e. The lowest BCUT2D eigenvalue weighted by Crippen LogP contribution is -2.17. The van der Waals surface area contributed by atoms with Crippen molar-refractivity contribution < 1.29 is 22.7 Å². The summed E-state index contributed by atoms with van der Waals surface area (Å²) >= 11 is 0. The maximum atomic E-state index is 12.9. The maximum absolute atomic E-state index is 12.9. The molecule has 7 heteroatoms. The number of hydrogen-bond donors (Lipinski definition) is 1. The average Bonchev–Trinajstić information content (AvgIpc) is 2.68. The summed E-state index contributed by atoms with van der Waals surface area (Å²) in [6, 6.07) is 13.3. The van der Waals surface area contributed by atoms with Crippen LogP contribution in [-0.4, -0.2) is 28.6 Å². The fourth-order valence-corrected chi connectivity index (χ4v) is 3.61. The molecule has 144 valence electrons. The number of carbonyl (C=O) groups excluding carboxylic acids is 1. The van der Waals surface area contributed by atoms with Crippen LogP contribution in [0.25, 0.3) is 0 Å². The molecule has 0 spiro atoms. The van der Waals surface area contributed by atoms with Gasteiger partial charge in [0.1, 0.15) is 5.75 Å². The molecule has 0 radical (unpaired) electrons. The molecular formula is C20H23NO5S. The first-order chi connectivity index (χ1) is 12.8. The van der Waals surface area contributed by atoms with Crippen molar-refractivity contribution in [3.05, 3.63) is 65.2 Å². The molecule has 27 heavy (non-hydrogen) atoms. The summed E-state index contributed by atoms with van der Waals surface area (Å²) < 4.78 is 35.5. The molecule has 2 aromatic carbocycles. The van der Waals surface area contributed by atoms with Crippen LogP contribution in [0.1, 0.15) is 25.3 Å². The second kappa shape index (κ2) is 8.73. The minimum atomic E-state index is -4.04. The number of ether oxygens (including phenoxy) is 2. The molecule has 0 heterocycles. The fourth-order valence-electron chi connectivity index (χ4n) is 2.34. The van der Waals surface area contributed by atoms with E-state index in [1.807, 2.05) is 13.8 Å². The number of anilines is 1. The van der Waals surface area contributed by atoms with Gasteiger partial charge in [0.25, 0.3) is 0 Å². The predicted octanol–water partition coefficient (Wildman–Crippen LogP) is 3.72. The van der Waals surface area contributed by atoms with Crippen molar-refractivity contribution in [1.82, 2.24) is 0 Å². The highest BCUT2D eigenvalue weighted by Gasteiger charge is 2.28. The molecule has 0 amide bonds. The Hall–Kier alpha value is -2.80. The second-order valence-electron chi connectivity index (χ2n) is 6.10. The highest BCUT2D eigenvalue weighted by atomic mass is 32.2. The summed E-state index contributed by atoms with van der Waals surface area (Å²) in [5.41, 5.74) is 1.61. The van der Waals surface area contributed by atoms with E-state index in [0.29, 0.717) is 11.4 Å². The Labute approximate surface area is 159 Å². The molecule has 1 N–H and O–H groups in total. The van der Waals surface area contributed by atoms with Gasteiger partial charge in [-0.05, 0) is 47.9 Å². The van der Waals surface area contributed by atoms with Gasteiger partial charge in [-0.3, -0.25) is 0 Å². The van der Waals surface area contributed by atoms with Crippen molar-refractivity contribution in [2.75, 3.05) is 19.5 Å². The number of rotatable bonds is 7. The molecule has 2 rings (SSSR count). The van der Waals surface area contributed by atoms with Crippen LogP contribution in [0.5, 0.6) is 5.75 Å². The Kier molecular flexibility index (Phi) is 6.63. The van der Waals surface area contributed by atoms with Crippen LogP contribution in [0.2, 0.25) is 0 Å². The third kappa shape index (κ3) is 4.89. The van der Waals surface area contributed by atoms with Crippen LogP contribution in [0.4, 0.5) is 5.69 Å². The van der Waals surface area contributed by atoms with Crippen LogP contribution in [0.3, 0.4) is 0 Å². The van der Waals surface area contributed by atoms with Gasteiger partial charge in [-0.2, -0.15) is 0 Å². The van der Waals surface area contributed by atoms with Crippen molar-refractivity contribution in [3.63, 3.8) is 0 Å². The van der Waals surface area contributed by atoms with Crippen molar-refractivity contribution in [1.29, 1.82) is 0 Å². The second-order valence-corrected chi connectivity index (χ2v) is 8.02. The molecule has 0 aliphatic carbocycles. The van der Waals surface area contributed by atoms with Gasteiger partial charge in [0, 0.05) is 11.9 Å². The molecule has 6 nitrogen and oxygen atoms in total. The van der Waals surface area contributed by atoms with Gasteiger partial charge in [-0.1, -0.05) is 26.0 Å². The van der Waals surface area contributed by atoms with E-state index in [0.717, 1.165) is 18.9 Å². The van der Waals surface area contributed by atoms with Crippen LogP contribution >= 0.6 is 0 Å². The standard InChI is InChI=1S/C20H23NO5S/c1-14(2)15-5-11-18(12-6-15)27(23,24)19(20(22)26-4)13-21-16-7-9-17(25-3)10-8-16/h5-14,21H,1-4H3. The van der Waals surface area contributed by atoms with E-state index in [1.54, 1.807) is 43.5 Å². The van der Waals surface area contributed by atoms with E-state index in [4.69, 9.17) is 4.74 Å². The SMILES string of the molecule is COC(=O)C(=CNc1ccc(OC)cc1)S(=O)(=O)c1ccc(C(C)C)cc1. The first kappa shape index (κ1) is 20.5. The first-order valence-corrected chi connectivity index (χ1v) is 9.82. The summed E-state index contributed by atoms with van der Waals surface area (Å²) in [4.78, 5) is 11.7. The van der Waals surface area contributed by atoms with Gasteiger partial charge in [0.05, 0.1) is 19.1 Å². The molecule has 0 saturated carbocycles. The average molecular weight is 389 g/mol. The van der Waals surface area contributed by atoms with Crippen molar-refractivity contribution >= 4 is 21.5 Å². The van der Waals surface area contributed by atoms with Gasteiger partial charge in [-0.15, -0.1) is 0 Å². The summed E-state index contributed by atoms with van der Waals surface area (Å²) in [6.45, 7) is 4.03. The molecule has 0 unspecified atom stereocenters. The summed E-state index contributed by atoms with van der Waals surface area (Å²) in [5, 5.41) is 2.82. The van der Waals surface area contributed by atoms with Crippen molar-refractivity contribution in [2.45, 2.75) is 24.7 Å². The Morgan fingerprint density at radius 1 is 1.00 bits per heavy atom. The minimum Gasteiger partial charge on any atom is -0.497 e. The highest BCUT2D eigenvalue weighted by molar-refractivity contribution is 7.96. The third-order valence-corrected chi connectivity index (χ3v) is 5.75. The van der Waals surface area contributed by atoms with Gasteiger partial charge >= 0.3 is 5.97 Å². The van der Waals surface area contributed by atoms with Gasteiger partial charge < -0.3 is 14.8 Å². The van der Waals surface area contributed by atoms with E-state index in [-0.39, 0.29) is 10.8 Å².